The van der Waals surface area contributed by atoms with E-state index in [1.807, 2.05) is 0 Å². The van der Waals surface area contributed by atoms with Crippen LogP contribution in [-0.4, -0.2) is 45.4 Å². The number of nitrogens with zero attached hydrogens (tertiary/aromatic N) is 3. The van der Waals surface area contributed by atoms with Gasteiger partial charge in [0.05, 0.1) is 4.90 Å². The highest BCUT2D eigenvalue weighted by atomic mass is 32.2. The maximum Gasteiger partial charge on any atom is 0.354 e. The molecule has 0 aliphatic rings. The van der Waals surface area contributed by atoms with Crippen LogP contribution in [0, 0.1) is 0 Å². The second kappa shape index (κ2) is 5.34. The van der Waals surface area contributed by atoms with Gasteiger partial charge in [-0.05, 0) is 11.9 Å². The fourth-order valence-corrected chi connectivity index (χ4v) is 1.70. The van der Waals surface area contributed by atoms with Crippen LogP contribution in [0.5, 0.6) is 11.8 Å². The number of likely N-dealkylation sites (N-methyl/N-ethyl adjacent to an activating group) is 1. The lowest BCUT2D eigenvalue weighted by atomic mass is 10.6. The summed E-state index contributed by atoms with van der Waals surface area (Å²) in [6, 6.07) is 1.22. The lowest BCUT2D eigenvalue weighted by Crippen LogP contribution is -2.26. The Labute approximate surface area is 100 Å². The zero-order valence-corrected chi connectivity index (χ0v) is 9.85. The lowest BCUT2D eigenvalue weighted by Gasteiger charge is -2.11. The Balaban J connectivity index is 2.72. The highest BCUT2D eigenvalue weighted by molar-refractivity contribution is 7.97. The molecule has 1 heterocycles. The minimum absolute atomic E-state index is 0.208. The molecule has 0 spiro atoms. The third-order valence-electron chi connectivity index (χ3n) is 1.64. The van der Waals surface area contributed by atoms with Gasteiger partial charge in [0, 0.05) is 20.2 Å². The molecule has 92 valence electrons. The Bertz CT molecular complexity index is 470. The van der Waals surface area contributed by atoms with Crippen molar-refractivity contribution in [3.05, 3.63) is 6.07 Å². The van der Waals surface area contributed by atoms with Crippen LogP contribution in [0.15, 0.2) is 21.2 Å². The number of carbonyl (C=O) groups excluding carboxylic acids is 2. The van der Waals surface area contributed by atoms with Crippen molar-refractivity contribution < 1.29 is 19.8 Å². The van der Waals surface area contributed by atoms with Gasteiger partial charge in [-0.2, -0.15) is 5.11 Å². The number of carbonyl (C=O) groups is 2. The molecule has 3 N–H and O–H groups in total. The van der Waals surface area contributed by atoms with Gasteiger partial charge in [-0.15, -0.1) is 5.11 Å². The van der Waals surface area contributed by atoms with E-state index < -0.39 is 11.8 Å². The molecule has 1 aromatic heterocycles. The first kappa shape index (κ1) is 13.0. The summed E-state index contributed by atoms with van der Waals surface area (Å²) < 4.78 is 0.972. The van der Waals surface area contributed by atoms with E-state index in [1.54, 1.807) is 0 Å². The second-order valence-corrected chi connectivity index (χ2v) is 4.04. The van der Waals surface area contributed by atoms with Crippen LogP contribution in [0.25, 0.3) is 0 Å². The molecule has 17 heavy (non-hydrogen) atoms. The Kier molecular flexibility index (Phi) is 4.10. The fraction of sp³-hybridized carbons (Fsp3) is 0.250. The number of nitrogens with one attached hydrogen (secondary N) is 1. The molecule has 2 amide bonds. The summed E-state index contributed by atoms with van der Waals surface area (Å²) in [5, 5.41) is 24.6. The fourth-order valence-electron chi connectivity index (χ4n) is 0.938. The maximum absolute atomic E-state index is 11.4. The van der Waals surface area contributed by atoms with Crippen molar-refractivity contribution >= 4 is 23.8 Å². The van der Waals surface area contributed by atoms with Crippen LogP contribution in [-0.2, 0) is 9.59 Å². The van der Waals surface area contributed by atoms with Crippen molar-refractivity contribution in [1.82, 2.24) is 9.29 Å². The van der Waals surface area contributed by atoms with Gasteiger partial charge < -0.3 is 10.2 Å². The van der Waals surface area contributed by atoms with Crippen molar-refractivity contribution in [3.8, 4) is 11.8 Å². The van der Waals surface area contributed by atoms with Gasteiger partial charge in [0.1, 0.15) is 0 Å². The number of H-pyrrole nitrogens is 1. The minimum Gasteiger partial charge on any atom is -0.494 e. The summed E-state index contributed by atoms with van der Waals surface area (Å²) in [7, 11) is 2.61. The molecule has 1 rings (SSSR count). The maximum atomic E-state index is 11.4. The topological polar surface area (TPSA) is 118 Å². The Morgan fingerprint density at radius 2 is 2.12 bits per heavy atom. The average molecular weight is 258 g/mol. The highest BCUT2D eigenvalue weighted by Gasteiger charge is 2.21. The van der Waals surface area contributed by atoms with Crippen molar-refractivity contribution in [2.45, 2.75) is 4.90 Å². The largest absolute Gasteiger partial charge is 0.494 e. The van der Waals surface area contributed by atoms with Crippen molar-refractivity contribution in [2.24, 2.45) is 10.2 Å². The number of hydrogen-bond donors (Lipinski definition) is 3. The van der Waals surface area contributed by atoms with Gasteiger partial charge >= 0.3 is 11.8 Å². The summed E-state index contributed by atoms with van der Waals surface area (Å²) in [6.45, 7) is 0. The third kappa shape index (κ3) is 3.21. The number of aromatic amines is 1. The third-order valence-corrected chi connectivity index (χ3v) is 2.59. The van der Waals surface area contributed by atoms with Gasteiger partial charge in [0.2, 0.25) is 5.88 Å². The summed E-state index contributed by atoms with van der Waals surface area (Å²) in [5.74, 6) is -2.44. The van der Waals surface area contributed by atoms with Gasteiger partial charge in [-0.1, -0.05) is 0 Å². The quantitative estimate of drug-likeness (QED) is 0.405. The Morgan fingerprint density at radius 1 is 1.47 bits per heavy atom. The standard InChI is InChI=1S/C8H10N4O4S/c1-9-11-7(15)8(16)12(2)17-4-3-5(13)10-6(4)14/h3,10,13-14H,1-2H3. The normalized spacial score (nSPS) is 10.7. The molecule has 0 aliphatic heterocycles. The van der Waals surface area contributed by atoms with E-state index in [4.69, 9.17) is 5.11 Å². The van der Waals surface area contributed by atoms with Crippen LogP contribution >= 0.6 is 11.9 Å². The number of aromatic nitrogens is 1. The molecule has 0 bridgehead atoms. The zero-order valence-electron chi connectivity index (χ0n) is 9.04. The van der Waals surface area contributed by atoms with Gasteiger partial charge in [0.25, 0.3) is 0 Å². The monoisotopic (exact) mass is 258 g/mol. The molecule has 0 saturated heterocycles. The molecular weight excluding hydrogens is 248 g/mol. The summed E-state index contributed by atoms with van der Waals surface area (Å²) in [4.78, 5) is 24.9. The van der Waals surface area contributed by atoms with Crippen molar-refractivity contribution in [3.63, 3.8) is 0 Å². The number of rotatable bonds is 2. The molecule has 0 saturated carbocycles. The molecule has 0 fully saturated rings. The number of amides is 2. The van der Waals surface area contributed by atoms with E-state index in [9.17, 15) is 14.7 Å². The molecular formula is C8H10N4O4S. The van der Waals surface area contributed by atoms with Crippen LogP contribution in [0.4, 0.5) is 0 Å². The van der Waals surface area contributed by atoms with Crippen LogP contribution in [0.1, 0.15) is 0 Å². The van der Waals surface area contributed by atoms with Gasteiger partial charge in [-0.3, -0.25) is 18.9 Å². The molecule has 1 aromatic rings. The molecule has 0 aromatic carbocycles. The molecule has 0 unspecified atom stereocenters. The highest BCUT2D eigenvalue weighted by Crippen LogP contribution is 2.32. The van der Waals surface area contributed by atoms with E-state index in [2.05, 4.69) is 15.2 Å². The molecule has 8 nitrogen and oxygen atoms in total. The Morgan fingerprint density at radius 3 is 2.59 bits per heavy atom. The van der Waals surface area contributed by atoms with E-state index in [1.165, 1.54) is 20.2 Å². The first-order valence-electron chi connectivity index (χ1n) is 4.36. The predicted octanol–water partition coefficient (Wildman–Crippen LogP) is 0.500. The average Bonchev–Trinajstić information content (AvgIpc) is 2.56. The van der Waals surface area contributed by atoms with Crippen LogP contribution < -0.4 is 0 Å². The molecule has 0 atom stereocenters. The lowest BCUT2D eigenvalue weighted by molar-refractivity contribution is -0.140. The number of aromatic hydroxyl groups is 2. The van der Waals surface area contributed by atoms with E-state index in [0.29, 0.717) is 0 Å². The number of hydrogen-bond acceptors (Lipinski definition) is 6. The van der Waals surface area contributed by atoms with Crippen molar-refractivity contribution in [1.29, 1.82) is 0 Å². The van der Waals surface area contributed by atoms with Crippen LogP contribution in [0.2, 0.25) is 0 Å². The number of azo groups is 1. The zero-order chi connectivity index (χ0) is 13.0. The first-order chi connectivity index (χ1) is 7.95. The predicted molar refractivity (Wildman–Crippen MR) is 58.5 cm³/mol. The van der Waals surface area contributed by atoms with Crippen molar-refractivity contribution in [2.75, 3.05) is 14.1 Å². The second-order valence-electron chi connectivity index (χ2n) is 2.87. The summed E-state index contributed by atoms with van der Waals surface area (Å²) >= 11 is 0.773. The first-order valence-corrected chi connectivity index (χ1v) is 5.13. The van der Waals surface area contributed by atoms with E-state index in [-0.39, 0.29) is 16.7 Å². The smallest absolute Gasteiger partial charge is 0.354 e. The van der Waals surface area contributed by atoms with Gasteiger partial charge in [-0.25, -0.2) is 0 Å². The van der Waals surface area contributed by atoms with Crippen LogP contribution in [0.3, 0.4) is 0 Å². The Hall–Kier alpha value is -2.03. The SMILES string of the molecule is CN=NC(=O)C(=O)N(C)Sc1cc(O)[nH]c1O. The van der Waals surface area contributed by atoms with Gasteiger partial charge in [0.15, 0.2) is 5.88 Å². The van der Waals surface area contributed by atoms with E-state index >= 15 is 0 Å². The van der Waals surface area contributed by atoms with E-state index in [0.717, 1.165) is 16.3 Å². The molecule has 0 aliphatic carbocycles. The minimum atomic E-state index is -1.01. The summed E-state index contributed by atoms with van der Waals surface area (Å²) in [6.07, 6.45) is 0. The molecule has 9 heteroatoms. The molecule has 0 radical (unpaired) electrons. The summed E-state index contributed by atoms with van der Waals surface area (Å²) in [5.41, 5.74) is 0.